The molecular formula is C27H34N2O5. The van der Waals surface area contributed by atoms with Gasteiger partial charge in [0.2, 0.25) is 0 Å². The van der Waals surface area contributed by atoms with E-state index in [9.17, 15) is 14.7 Å². The number of aliphatic hydroxyl groups excluding tert-OH is 1. The van der Waals surface area contributed by atoms with E-state index in [0.29, 0.717) is 35.7 Å². The van der Waals surface area contributed by atoms with Crippen LogP contribution in [0.15, 0.2) is 54.1 Å². The Kier molecular flexibility index (Phi) is 8.34. The third-order valence-electron chi connectivity index (χ3n) is 6.00. The lowest BCUT2D eigenvalue weighted by Gasteiger charge is -2.28. The van der Waals surface area contributed by atoms with Crippen LogP contribution in [0.4, 0.5) is 0 Å². The van der Waals surface area contributed by atoms with Crippen LogP contribution in [-0.2, 0) is 9.59 Å². The predicted octanol–water partition coefficient (Wildman–Crippen LogP) is 4.25. The third kappa shape index (κ3) is 5.42. The molecule has 1 amide bonds. The van der Waals surface area contributed by atoms with Crippen LogP contribution in [0, 0.1) is 0 Å². The number of methoxy groups -OCH3 is 1. The molecule has 182 valence electrons. The molecule has 0 bridgehead atoms. The molecule has 0 aromatic heterocycles. The second-order valence-corrected chi connectivity index (χ2v) is 8.49. The Labute approximate surface area is 201 Å². The van der Waals surface area contributed by atoms with Gasteiger partial charge in [-0.15, -0.1) is 0 Å². The number of hydrogen-bond donors (Lipinski definition) is 1. The molecule has 7 heteroatoms. The van der Waals surface area contributed by atoms with Crippen LogP contribution in [0.2, 0.25) is 0 Å². The molecule has 0 aliphatic carbocycles. The molecule has 1 saturated heterocycles. The van der Waals surface area contributed by atoms with Crippen LogP contribution in [0.3, 0.4) is 0 Å². The molecule has 1 heterocycles. The Morgan fingerprint density at radius 2 is 1.74 bits per heavy atom. The van der Waals surface area contributed by atoms with Crippen LogP contribution in [-0.4, -0.2) is 66.0 Å². The van der Waals surface area contributed by atoms with Crippen molar-refractivity contribution in [2.24, 2.45) is 0 Å². The van der Waals surface area contributed by atoms with Crippen molar-refractivity contribution in [3.8, 4) is 11.5 Å². The van der Waals surface area contributed by atoms with E-state index in [0.717, 1.165) is 13.1 Å². The Morgan fingerprint density at radius 3 is 2.32 bits per heavy atom. The van der Waals surface area contributed by atoms with E-state index in [4.69, 9.17) is 9.47 Å². The van der Waals surface area contributed by atoms with Gasteiger partial charge in [0.15, 0.2) is 0 Å². The van der Waals surface area contributed by atoms with E-state index >= 15 is 0 Å². The summed E-state index contributed by atoms with van der Waals surface area (Å²) in [6, 6.07) is 13.4. The van der Waals surface area contributed by atoms with Crippen LogP contribution >= 0.6 is 0 Å². The number of ether oxygens (including phenoxy) is 2. The third-order valence-corrected chi connectivity index (χ3v) is 6.00. The number of likely N-dealkylation sites (N-methyl/N-ethyl adjacent to an activating group) is 1. The zero-order chi connectivity index (χ0) is 24.8. The molecule has 2 aromatic rings. The fraction of sp³-hybridized carbons (Fsp3) is 0.407. The lowest BCUT2D eigenvalue weighted by Crippen LogP contribution is -2.38. The smallest absolute Gasteiger partial charge is 0.295 e. The van der Waals surface area contributed by atoms with Gasteiger partial charge in [-0.1, -0.05) is 26.0 Å². The lowest BCUT2D eigenvalue weighted by molar-refractivity contribution is -0.140. The van der Waals surface area contributed by atoms with E-state index in [-0.39, 0.29) is 17.4 Å². The predicted molar refractivity (Wildman–Crippen MR) is 132 cm³/mol. The SMILES string of the molecule is CCN(CC)CCN1C(=O)C(=O)/C(=C(/O)c2ccc(OC(C)C)cc2)[C@H]1c1cccc(OC)c1. The fourth-order valence-corrected chi connectivity index (χ4v) is 4.18. The first-order valence-electron chi connectivity index (χ1n) is 11.7. The van der Waals surface area contributed by atoms with Crippen molar-refractivity contribution in [3.63, 3.8) is 0 Å². The summed E-state index contributed by atoms with van der Waals surface area (Å²) in [5.74, 6) is -0.223. The minimum Gasteiger partial charge on any atom is -0.507 e. The van der Waals surface area contributed by atoms with Crippen molar-refractivity contribution in [3.05, 3.63) is 65.2 Å². The molecule has 1 atom stereocenters. The normalized spacial score (nSPS) is 17.6. The van der Waals surface area contributed by atoms with Crippen LogP contribution in [0.1, 0.15) is 44.9 Å². The van der Waals surface area contributed by atoms with E-state index in [1.807, 2.05) is 26.0 Å². The Hall–Kier alpha value is -3.32. The lowest BCUT2D eigenvalue weighted by atomic mass is 9.95. The van der Waals surface area contributed by atoms with E-state index in [2.05, 4.69) is 18.7 Å². The van der Waals surface area contributed by atoms with Crippen LogP contribution in [0.25, 0.3) is 5.76 Å². The molecule has 0 radical (unpaired) electrons. The Morgan fingerprint density at radius 1 is 1.06 bits per heavy atom. The maximum absolute atomic E-state index is 13.2. The maximum atomic E-state index is 13.2. The van der Waals surface area contributed by atoms with E-state index in [1.165, 1.54) is 0 Å². The summed E-state index contributed by atoms with van der Waals surface area (Å²) in [6.45, 7) is 10.7. The molecule has 34 heavy (non-hydrogen) atoms. The van der Waals surface area contributed by atoms with Crippen molar-refractivity contribution < 1.29 is 24.2 Å². The van der Waals surface area contributed by atoms with Crippen LogP contribution in [0.5, 0.6) is 11.5 Å². The number of rotatable bonds is 10. The van der Waals surface area contributed by atoms with Gasteiger partial charge in [-0.05, 0) is 68.9 Å². The van der Waals surface area contributed by atoms with Crippen molar-refractivity contribution in [2.75, 3.05) is 33.3 Å². The summed E-state index contributed by atoms with van der Waals surface area (Å²) in [5.41, 5.74) is 1.24. The Bertz CT molecular complexity index is 1040. The number of hydrogen-bond acceptors (Lipinski definition) is 6. The monoisotopic (exact) mass is 466 g/mol. The Balaban J connectivity index is 2.07. The summed E-state index contributed by atoms with van der Waals surface area (Å²) in [6.07, 6.45) is 0.0173. The van der Waals surface area contributed by atoms with Crippen molar-refractivity contribution in [1.82, 2.24) is 9.80 Å². The molecule has 1 aliphatic heterocycles. The van der Waals surface area contributed by atoms with Crippen molar-refractivity contribution in [1.29, 1.82) is 0 Å². The highest BCUT2D eigenvalue weighted by atomic mass is 16.5. The number of carbonyl (C=O) groups excluding carboxylic acids is 2. The maximum Gasteiger partial charge on any atom is 0.295 e. The van der Waals surface area contributed by atoms with Gasteiger partial charge >= 0.3 is 0 Å². The zero-order valence-corrected chi connectivity index (χ0v) is 20.6. The van der Waals surface area contributed by atoms with Gasteiger partial charge in [0.05, 0.1) is 24.8 Å². The number of Topliss-reactive ketones (excluding diaryl/α,β-unsaturated/α-hetero) is 1. The van der Waals surface area contributed by atoms with Gasteiger partial charge in [0.25, 0.3) is 11.7 Å². The second-order valence-electron chi connectivity index (χ2n) is 8.49. The molecule has 0 saturated carbocycles. The van der Waals surface area contributed by atoms with Gasteiger partial charge < -0.3 is 24.4 Å². The molecule has 0 spiro atoms. The minimum atomic E-state index is -0.711. The summed E-state index contributed by atoms with van der Waals surface area (Å²) < 4.78 is 11.0. The molecule has 0 unspecified atom stereocenters. The average Bonchev–Trinajstić information content (AvgIpc) is 3.09. The number of benzene rings is 2. The van der Waals surface area contributed by atoms with Gasteiger partial charge in [-0.25, -0.2) is 0 Å². The average molecular weight is 467 g/mol. The first-order chi connectivity index (χ1) is 16.3. The number of nitrogens with zero attached hydrogens (tertiary/aromatic N) is 2. The standard InChI is InChI=1S/C27H34N2O5/c1-6-28(7-2)15-16-29-24(20-9-8-10-22(17-20)33-5)23(26(31)27(29)32)25(30)19-11-13-21(14-12-19)34-18(3)4/h8-14,17-18,24,30H,6-7,15-16H2,1-5H3/b25-23+/t24-/m1/s1. The van der Waals surface area contributed by atoms with Crippen LogP contribution < -0.4 is 9.47 Å². The van der Waals surface area contributed by atoms with Gasteiger partial charge in [-0.2, -0.15) is 0 Å². The first-order valence-corrected chi connectivity index (χ1v) is 11.7. The quantitative estimate of drug-likeness (QED) is 0.320. The van der Waals surface area contributed by atoms with Gasteiger partial charge in [0.1, 0.15) is 17.3 Å². The number of likely N-dealkylation sites (tertiary alicyclic amines) is 1. The van der Waals surface area contributed by atoms with E-state index < -0.39 is 17.7 Å². The highest BCUT2D eigenvalue weighted by Crippen LogP contribution is 2.40. The molecule has 1 fully saturated rings. The summed E-state index contributed by atoms with van der Waals surface area (Å²) in [5, 5.41) is 11.2. The van der Waals surface area contributed by atoms with Crippen molar-refractivity contribution in [2.45, 2.75) is 39.8 Å². The van der Waals surface area contributed by atoms with Crippen molar-refractivity contribution >= 4 is 17.4 Å². The largest absolute Gasteiger partial charge is 0.507 e. The fourth-order valence-electron chi connectivity index (χ4n) is 4.18. The zero-order valence-electron chi connectivity index (χ0n) is 20.6. The van der Waals surface area contributed by atoms with Gasteiger partial charge in [0, 0.05) is 18.7 Å². The highest BCUT2D eigenvalue weighted by molar-refractivity contribution is 6.46. The minimum absolute atomic E-state index is 0.0173. The molecule has 3 rings (SSSR count). The number of carbonyl (C=O) groups is 2. The summed E-state index contributed by atoms with van der Waals surface area (Å²) in [7, 11) is 1.57. The molecule has 1 N–H and O–H groups in total. The van der Waals surface area contributed by atoms with E-state index in [1.54, 1.807) is 48.4 Å². The molecular weight excluding hydrogens is 432 g/mol. The molecule has 7 nitrogen and oxygen atoms in total. The summed E-state index contributed by atoms with van der Waals surface area (Å²) >= 11 is 0. The first kappa shape index (κ1) is 25.3. The highest BCUT2D eigenvalue weighted by Gasteiger charge is 2.46. The second kappa shape index (κ2) is 11.2. The topological polar surface area (TPSA) is 79.3 Å². The summed E-state index contributed by atoms with van der Waals surface area (Å²) in [4.78, 5) is 30.0. The number of aliphatic hydroxyl groups is 1. The number of ketones is 1. The molecule has 2 aromatic carbocycles. The molecule has 1 aliphatic rings. The number of amides is 1. The van der Waals surface area contributed by atoms with Gasteiger partial charge in [-0.3, -0.25) is 9.59 Å².